The zero-order valence-electron chi connectivity index (χ0n) is 15.7. The van der Waals surface area contributed by atoms with Crippen molar-refractivity contribution in [2.24, 2.45) is 4.99 Å². The Bertz CT molecular complexity index is 736. The predicted molar refractivity (Wildman–Crippen MR) is 99.4 cm³/mol. The average Bonchev–Trinajstić information content (AvgIpc) is 3.13. The van der Waals surface area contributed by atoms with Gasteiger partial charge in [0.15, 0.2) is 17.5 Å². The van der Waals surface area contributed by atoms with Gasteiger partial charge in [-0.15, -0.1) is 0 Å². The van der Waals surface area contributed by atoms with Crippen molar-refractivity contribution in [3.8, 4) is 11.5 Å². The molecule has 7 nitrogen and oxygen atoms in total. The molecule has 148 valence electrons. The topological polar surface area (TPSA) is 72.7 Å². The molecule has 0 saturated carbocycles. The van der Waals surface area contributed by atoms with Crippen LogP contribution in [0.3, 0.4) is 0 Å². The zero-order chi connectivity index (χ0) is 19.6. The first-order valence-corrected chi connectivity index (χ1v) is 8.66. The molecule has 0 spiro atoms. The smallest absolute Gasteiger partial charge is 0.319 e. The molecule has 1 aromatic carbocycles. The molecule has 1 atom stereocenters. The van der Waals surface area contributed by atoms with E-state index in [1.165, 1.54) is 12.4 Å². The van der Waals surface area contributed by atoms with Crippen LogP contribution in [0, 0.1) is 0 Å². The van der Waals surface area contributed by atoms with E-state index in [4.69, 9.17) is 9.47 Å². The van der Waals surface area contributed by atoms with Crippen molar-refractivity contribution >= 4 is 5.96 Å². The Morgan fingerprint density at radius 2 is 2.00 bits per heavy atom. The van der Waals surface area contributed by atoms with Crippen LogP contribution in [-0.2, 0) is 6.54 Å². The fourth-order valence-corrected chi connectivity index (χ4v) is 2.35. The first kappa shape index (κ1) is 20.5. The molecule has 2 N–H and O–H groups in total. The van der Waals surface area contributed by atoms with E-state index < -0.39 is 6.55 Å². The maximum Gasteiger partial charge on any atom is 0.319 e. The molecule has 0 saturated heterocycles. The van der Waals surface area contributed by atoms with E-state index in [2.05, 4.69) is 20.6 Å². The molecular weight excluding hydrogens is 356 g/mol. The van der Waals surface area contributed by atoms with E-state index in [1.54, 1.807) is 7.11 Å². The largest absolute Gasteiger partial charge is 0.493 e. The van der Waals surface area contributed by atoms with Gasteiger partial charge in [-0.3, -0.25) is 4.57 Å². The number of aromatic nitrogens is 2. The van der Waals surface area contributed by atoms with E-state index in [-0.39, 0.29) is 18.5 Å². The second-order valence-electron chi connectivity index (χ2n) is 5.68. The number of alkyl halides is 2. The van der Waals surface area contributed by atoms with Gasteiger partial charge in [-0.2, -0.15) is 8.78 Å². The lowest BCUT2D eigenvalue weighted by Crippen LogP contribution is -2.41. The van der Waals surface area contributed by atoms with Crippen LogP contribution in [0.15, 0.2) is 41.7 Å². The Hall–Kier alpha value is -2.84. The van der Waals surface area contributed by atoms with Crippen molar-refractivity contribution in [2.45, 2.75) is 33.0 Å². The molecule has 0 amide bonds. The SMILES string of the molecule is CCNC(=NCc1nccn1C(F)F)NCC(C)Oc1ccccc1OC. The van der Waals surface area contributed by atoms with Gasteiger partial charge in [-0.25, -0.2) is 9.98 Å². The van der Waals surface area contributed by atoms with Crippen LogP contribution in [0.1, 0.15) is 26.2 Å². The number of hydrogen-bond donors (Lipinski definition) is 2. The van der Waals surface area contributed by atoms with Gasteiger partial charge in [0.25, 0.3) is 0 Å². The highest BCUT2D eigenvalue weighted by atomic mass is 19.3. The summed E-state index contributed by atoms with van der Waals surface area (Å²) in [7, 11) is 1.59. The van der Waals surface area contributed by atoms with Gasteiger partial charge in [0.2, 0.25) is 0 Å². The summed E-state index contributed by atoms with van der Waals surface area (Å²) in [6, 6.07) is 7.40. The molecule has 0 radical (unpaired) electrons. The predicted octanol–water partition coefficient (Wildman–Crippen LogP) is 2.81. The van der Waals surface area contributed by atoms with Crippen molar-refractivity contribution < 1.29 is 18.3 Å². The molecular formula is C18H25F2N5O2. The van der Waals surface area contributed by atoms with Gasteiger partial charge in [0.05, 0.1) is 13.7 Å². The number of methoxy groups -OCH3 is 1. The standard InChI is InChI=1S/C18H25F2N5O2/c1-4-21-18(24-12-16-22-9-10-25(16)17(19)20)23-11-13(2)27-15-8-6-5-7-14(15)26-3/h5-10,13,17H,4,11-12H2,1-3H3,(H2,21,23,24). The highest BCUT2D eigenvalue weighted by molar-refractivity contribution is 5.79. The van der Waals surface area contributed by atoms with Gasteiger partial charge < -0.3 is 20.1 Å². The second-order valence-corrected chi connectivity index (χ2v) is 5.68. The van der Waals surface area contributed by atoms with Gasteiger partial charge >= 0.3 is 6.55 Å². The van der Waals surface area contributed by atoms with Crippen LogP contribution in [-0.4, -0.2) is 41.8 Å². The lowest BCUT2D eigenvalue weighted by Gasteiger charge is -2.19. The summed E-state index contributed by atoms with van der Waals surface area (Å²) in [5.74, 6) is 2.00. The monoisotopic (exact) mass is 381 g/mol. The van der Waals surface area contributed by atoms with E-state index >= 15 is 0 Å². The number of rotatable bonds is 9. The quantitative estimate of drug-likeness (QED) is 0.516. The Balaban J connectivity index is 1.94. The van der Waals surface area contributed by atoms with E-state index in [9.17, 15) is 8.78 Å². The van der Waals surface area contributed by atoms with Crippen LogP contribution >= 0.6 is 0 Å². The third kappa shape index (κ3) is 6.12. The maximum absolute atomic E-state index is 12.9. The normalized spacial score (nSPS) is 12.7. The molecule has 0 aliphatic rings. The Kier molecular flexibility index (Phi) is 7.84. The number of ether oxygens (including phenoxy) is 2. The Morgan fingerprint density at radius 1 is 1.26 bits per heavy atom. The van der Waals surface area contributed by atoms with Crippen molar-refractivity contribution in [3.05, 3.63) is 42.5 Å². The summed E-state index contributed by atoms with van der Waals surface area (Å²) < 4.78 is 37.7. The molecule has 27 heavy (non-hydrogen) atoms. The van der Waals surface area contributed by atoms with Crippen LogP contribution < -0.4 is 20.1 Å². The van der Waals surface area contributed by atoms with Crippen molar-refractivity contribution in [2.75, 3.05) is 20.2 Å². The van der Waals surface area contributed by atoms with Crippen LogP contribution in [0.2, 0.25) is 0 Å². The lowest BCUT2D eigenvalue weighted by molar-refractivity contribution is 0.0671. The van der Waals surface area contributed by atoms with Gasteiger partial charge in [0.1, 0.15) is 18.5 Å². The van der Waals surface area contributed by atoms with Crippen molar-refractivity contribution in [1.82, 2.24) is 20.2 Å². The summed E-state index contributed by atoms with van der Waals surface area (Å²) in [6.07, 6.45) is 2.40. The molecule has 2 rings (SSSR count). The molecule has 1 aromatic heterocycles. The number of hydrogen-bond acceptors (Lipinski definition) is 4. The zero-order valence-corrected chi connectivity index (χ0v) is 15.7. The minimum Gasteiger partial charge on any atom is -0.493 e. The van der Waals surface area contributed by atoms with Crippen molar-refractivity contribution in [1.29, 1.82) is 0 Å². The summed E-state index contributed by atoms with van der Waals surface area (Å²) in [6.45, 7) is 2.33. The first-order valence-electron chi connectivity index (χ1n) is 8.66. The minimum absolute atomic E-state index is 0.0361. The molecule has 1 unspecified atom stereocenters. The number of benzene rings is 1. The number of aliphatic imine (C=N–C) groups is 1. The molecule has 0 aliphatic carbocycles. The minimum atomic E-state index is -2.64. The number of nitrogens with zero attached hydrogens (tertiary/aromatic N) is 3. The van der Waals surface area contributed by atoms with E-state index in [0.717, 1.165) is 4.57 Å². The van der Waals surface area contributed by atoms with E-state index in [1.807, 2.05) is 38.1 Å². The first-order chi connectivity index (χ1) is 13.0. The number of nitrogens with one attached hydrogen (secondary N) is 2. The molecule has 0 aliphatic heterocycles. The van der Waals surface area contributed by atoms with Gasteiger partial charge in [0, 0.05) is 18.9 Å². The number of halogens is 2. The fraction of sp³-hybridized carbons (Fsp3) is 0.444. The third-order valence-electron chi connectivity index (χ3n) is 3.64. The van der Waals surface area contributed by atoms with Crippen LogP contribution in [0.5, 0.6) is 11.5 Å². The number of imidazole rings is 1. The number of guanidine groups is 1. The number of para-hydroxylation sites is 2. The fourth-order valence-electron chi connectivity index (χ4n) is 2.35. The second kappa shape index (κ2) is 10.3. The third-order valence-corrected chi connectivity index (χ3v) is 3.64. The molecule has 1 heterocycles. The summed E-state index contributed by atoms with van der Waals surface area (Å²) in [5.41, 5.74) is 0. The Labute approximate surface area is 157 Å². The van der Waals surface area contributed by atoms with Gasteiger partial charge in [-0.1, -0.05) is 12.1 Å². The maximum atomic E-state index is 12.9. The Morgan fingerprint density at radius 3 is 2.67 bits per heavy atom. The lowest BCUT2D eigenvalue weighted by atomic mass is 10.3. The molecule has 0 fully saturated rings. The molecule has 2 aromatic rings. The summed E-state index contributed by atoms with van der Waals surface area (Å²) in [5, 5.41) is 6.21. The van der Waals surface area contributed by atoms with Crippen molar-refractivity contribution in [3.63, 3.8) is 0 Å². The van der Waals surface area contributed by atoms with Gasteiger partial charge in [-0.05, 0) is 26.0 Å². The molecule has 0 bridgehead atoms. The summed E-state index contributed by atoms with van der Waals surface area (Å²) in [4.78, 5) is 8.23. The highest BCUT2D eigenvalue weighted by Crippen LogP contribution is 2.26. The molecule has 9 heteroatoms. The average molecular weight is 381 g/mol. The highest BCUT2D eigenvalue weighted by Gasteiger charge is 2.12. The summed E-state index contributed by atoms with van der Waals surface area (Å²) >= 11 is 0. The van der Waals surface area contributed by atoms with Crippen LogP contribution in [0.4, 0.5) is 8.78 Å². The van der Waals surface area contributed by atoms with Crippen LogP contribution in [0.25, 0.3) is 0 Å². The van der Waals surface area contributed by atoms with E-state index in [0.29, 0.717) is 30.5 Å².